The second kappa shape index (κ2) is 5.06. The van der Waals surface area contributed by atoms with Crippen molar-refractivity contribution in [2.75, 3.05) is 20.7 Å². The van der Waals surface area contributed by atoms with Crippen molar-refractivity contribution in [1.82, 2.24) is 10.2 Å². The fourth-order valence-corrected chi connectivity index (χ4v) is 3.54. The second-order valence-corrected chi connectivity index (χ2v) is 6.88. The summed E-state index contributed by atoms with van der Waals surface area (Å²) in [4.78, 5) is 14.3. The van der Waals surface area contributed by atoms with Crippen LogP contribution in [0.3, 0.4) is 0 Å². The minimum absolute atomic E-state index is 0.00919. The quantitative estimate of drug-likeness (QED) is 0.845. The van der Waals surface area contributed by atoms with Crippen molar-refractivity contribution in [1.29, 1.82) is 0 Å². The van der Waals surface area contributed by atoms with Crippen LogP contribution in [-0.4, -0.2) is 49.2 Å². The van der Waals surface area contributed by atoms with Gasteiger partial charge in [-0.25, -0.2) is 0 Å². The third-order valence-corrected chi connectivity index (χ3v) is 5.67. The van der Waals surface area contributed by atoms with Gasteiger partial charge in [0, 0.05) is 38.1 Å². The van der Waals surface area contributed by atoms with Crippen LogP contribution < -0.4 is 5.32 Å². The molecule has 1 amide bonds. The molecule has 3 unspecified atom stereocenters. The molecule has 110 valence electrons. The molecule has 0 aromatic carbocycles. The summed E-state index contributed by atoms with van der Waals surface area (Å²) in [7, 11) is 3.71. The van der Waals surface area contributed by atoms with E-state index in [-0.39, 0.29) is 23.0 Å². The van der Waals surface area contributed by atoms with E-state index in [0.717, 1.165) is 19.4 Å². The van der Waals surface area contributed by atoms with Gasteiger partial charge in [-0.2, -0.15) is 0 Å². The van der Waals surface area contributed by atoms with Crippen LogP contribution in [0.4, 0.5) is 0 Å². The average molecular weight is 268 g/mol. The van der Waals surface area contributed by atoms with Gasteiger partial charge in [-0.1, -0.05) is 13.8 Å². The van der Waals surface area contributed by atoms with E-state index in [4.69, 9.17) is 4.74 Å². The Labute approximate surface area is 116 Å². The van der Waals surface area contributed by atoms with E-state index in [0.29, 0.717) is 12.5 Å². The first-order chi connectivity index (χ1) is 8.82. The number of amides is 1. The molecular weight excluding hydrogens is 240 g/mol. The molecule has 0 radical (unpaired) electrons. The Morgan fingerprint density at radius 2 is 2.11 bits per heavy atom. The Kier molecular flexibility index (Phi) is 3.94. The van der Waals surface area contributed by atoms with Gasteiger partial charge < -0.3 is 15.0 Å². The van der Waals surface area contributed by atoms with Crippen molar-refractivity contribution < 1.29 is 9.53 Å². The Balaban J connectivity index is 1.93. The van der Waals surface area contributed by atoms with E-state index in [9.17, 15) is 4.79 Å². The second-order valence-electron chi connectivity index (χ2n) is 6.88. The standard InChI is InChI=1S/C15H28N2O2/c1-14(2)12(10-15(14,3)19-5)17(4)13(18)9-11-7-6-8-16-11/h11-12,16H,6-10H2,1-5H3. The number of carbonyl (C=O) groups excluding carboxylic acids is 1. The van der Waals surface area contributed by atoms with Crippen molar-refractivity contribution in [3.63, 3.8) is 0 Å². The zero-order valence-corrected chi connectivity index (χ0v) is 13.0. The van der Waals surface area contributed by atoms with Gasteiger partial charge in [-0.05, 0) is 32.7 Å². The number of hydrogen-bond acceptors (Lipinski definition) is 3. The highest BCUT2D eigenvalue weighted by molar-refractivity contribution is 5.77. The maximum absolute atomic E-state index is 12.4. The Morgan fingerprint density at radius 1 is 1.42 bits per heavy atom. The Morgan fingerprint density at radius 3 is 2.58 bits per heavy atom. The minimum atomic E-state index is -0.113. The van der Waals surface area contributed by atoms with Gasteiger partial charge >= 0.3 is 0 Å². The van der Waals surface area contributed by atoms with Crippen molar-refractivity contribution in [2.45, 2.75) is 64.1 Å². The van der Waals surface area contributed by atoms with Crippen molar-refractivity contribution in [3.05, 3.63) is 0 Å². The molecule has 1 N–H and O–H groups in total. The molecule has 1 saturated carbocycles. The lowest BCUT2D eigenvalue weighted by Crippen LogP contribution is -2.68. The number of nitrogens with zero attached hydrogens (tertiary/aromatic N) is 1. The van der Waals surface area contributed by atoms with E-state index in [2.05, 4.69) is 26.1 Å². The fraction of sp³-hybridized carbons (Fsp3) is 0.933. The number of rotatable bonds is 4. The lowest BCUT2D eigenvalue weighted by molar-refractivity contribution is -0.207. The van der Waals surface area contributed by atoms with Crippen LogP contribution in [0.1, 0.15) is 46.5 Å². The summed E-state index contributed by atoms with van der Waals surface area (Å²) in [6.45, 7) is 7.59. The smallest absolute Gasteiger partial charge is 0.224 e. The van der Waals surface area contributed by atoms with E-state index in [1.54, 1.807) is 7.11 Å². The molecule has 0 aromatic rings. The number of hydrogen-bond donors (Lipinski definition) is 1. The van der Waals surface area contributed by atoms with Crippen LogP contribution in [0, 0.1) is 5.41 Å². The van der Waals surface area contributed by atoms with E-state index >= 15 is 0 Å². The molecule has 3 atom stereocenters. The zero-order chi connectivity index (χ0) is 14.3. The molecule has 1 saturated heterocycles. The number of methoxy groups -OCH3 is 1. The van der Waals surface area contributed by atoms with E-state index < -0.39 is 0 Å². The van der Waals surface area contributed by atoms with Crippen LogP contribution in [0.15, 0.2) is 0 Å². The molecule has 19 heavy (non-hydrogen) atoms. The summed E-state index contributed by atoms with van der Waals surface area (Å²) >= 11 is 0. The van der Waals surface area contributed by atoms with Crippen molar-refractivity contribution in [3.8, 4) is 0 Å². The lowest BCUT2D eigenvalue weighted by atomic mass is 9.55. The maximum atomic E-state index is 12.4. The predicted octanol–water partition coefficient (Wildman–Crippen LogP) is 1.79. The molecule has 4 heteroatoms. The number of carbonyl (C=O) groups is 1. The lowest BCUT2D eigenvalue weighted by Gasteiger charge is -2.61. The van der Waals surface area contributed by atoms with Crippen LogP contribution in [0.25, 0.3) is 0 Å². The number of ether oxygens (including phenoxy) is 1. The topological polar surface area (TPSA) is 41.6 Å². The summed E-state index contributed by atoms with van der Waals surface area (Å²) in [5.74, 6) is 0.260. The van der Waals surface area contributed by atoms with Crippen molar-refractivity contribution >= 4 is 5.91 Å². The molecule has 2 aliphatic rings. The molecule has 0 aromatic heterocycles. The first-order valence-electron chi connectivity index (χ1n) is 7.36. The highest BCUT2D eigenvalue weighted by atomic mass is 16.5. The summed E-state index contributed by atoms with van der Waals surface area (Å²) in [6.07, 6.45) is 3.88. The molecule has 4 nitrogen and oxygen atoms in total. The SMILES string of the molecule is COC1(C)CC(N(C)C(=O)CC2CCCN2)C1(C)C. The van der Waals surface area contributed by atoms with Gasteiger partial charge in [0.25, 0.3) is 0 Å². The zero-order valence-electron chi connectivity index (χ0n) is 13.0. The van der Waals surface area contributed by atoms with Crippen molar-refractivity contribution in [2.24, 2.45) is 5.41 Å². The van der Waals surface area contributed by atoms with E-state index in [1.165, 1.54) is 6.42 Å². The highest BCUT2D eigenvalue weighted by Gasteiger charge is 2.59. The minimum Gasteiger partial charge on any atom is -0.378 e. The largest absolute Gasteiger partial charge is 0.378 e. The third-order valence-electron chi connectivity index (χ3n) is 5.67. The first-order valence-corrected chi connectivity index (χ1v) is 7.36. The monoisotopic (exact) mass is 268 g/mol. The summed E-state index contributed by atoms with van der Waals surface area (Å²) in [5, 5.41) is 3.39. The average Bonchev–Trinajstić information content (AvgIpc) is 2.87. The highest BCUT2D eigenvalue weighted by Crippen LogP contribution is 2.53. The molecular formula is C15H28N2O2. The predicted molar refractivity (Wildman–Crippen MR) is 76.0 cm³/mol. The van der Waals surface area contributed by atoms with Gasteiger partial charge in [0.05, 0.1) is 5.60 Å². The molecule has 1 aliphatic heterocycles. The number of nitrogens with one attached hydrogen (secondary N) is 1. The van der Waals surface area contributed by atoms with Crippen LogP contribution in [0.5, 0.6) is 0 Å². The molecule has 1 aliphatic carbocycles. The summed E-state index contributed by atoms with van der Waals surface area (Å²) in [6, 6.07) is 0.665. The van der Waals surface area contributed by atoms with Crippen LogP contribution in [-0.2, 0) is 9.53 Å². The van der Waals surface area contributed by atoms with E-state index in [1.807, 2.05) is 11.9 Å². The molecule has 0 spiro atoms. The first kappa shape index (κ1) is 14.8. The summed E-state index contributed by atoms with van der Waals surface area (Å²) < 4.78 is 5.63. The van der Waals surface area contributed by atoms with Gasteiger partial charge in [0.15, 0.2) is 0 Å². The van der Waals surface area contributed by atoms with Gasteiger partial charge in [-0.3, -0.25) is 4.79 Å². The molecule has 2 fully saturated rings. The Bertz CT molecular complexity index is 350. The van der Waals surface area contributed by atoms with Crippen LogP contribution in [0.2, 0.25) is 0 Å². The summed E-state index contributed by atoms with van der Waals surface area (Å²) in [5.41, 5.74) is -0.104. The molecule has 1 heterocycles. The van der Waals surface area contributed by atoms with Gasteiger partial charge in [0.1, 0.15) is 0 Å². The maximum Gasteiger partial charge on any atom is 0.224 e. The van der Waals surface area contributed by atoms with Gasteiger partial charge in [0.2, 0.25) is 5.91 Å². The fourth-order valence-electron chi connectivity index (χ4n) is 3.54. The third kappa shape index (κ3) is 2.40. The molecule has 0 bridgehead atoms. The van der Waals surface area contributed by atoms with Crippen LogP contribution >= 0.6 is 0 Å². The Hall–Kier alpha value is -0.610. The normalized spacial score (nSPS) is 36.9. The van der Waals surface area contributed by atoms with Gasteiger partial charge in [-0.15, -0.1) is 0 Å². The molecule has 2 rings (SSSR count).